The van der Waals surface area contributed by atoms with E-state index in [0.717, 1.165) is 64.2 Å². The number of allylic oxidation sites excluding steroid dienone is 2. The van der Waals surface area contributed by atoms with E-state index in [4.69, 9.17) is 20.9 Å². The Balaban J connectivity index is 1.44. The quantitative estimate of drug-likeness (QED) is 0.245. The summed E-state index contributed by atoms with van der Waals surface area (Å²) in [5.41, 5.74) is 12.8. The maximum Gasteiger partial charge on any atom is 0.307 e. The topological polar surface area (TPSA) is 151 Å². The highest BCUT2D eigenvalue weighted by Gasteiger charge is 2.70. The van der Waals surface area contributed by atoms with Gasteiger partial charge in [-0.2, -0.15) is 4.80 Å². The number of hydrogen-bond acceptors (Lipinski definition) is 8. The van der Waals surface area contributed by atoms with Gasteiger partial charge in [-0.05, 0) is 102 Å². The van der Waals surface area contributed by atoms with Gasteiger partial charge in [0.1, 0.15) is 6.04 Å². The van der Waals surface area contributed by atoms with Crippen molar-refractivity contribution >= 4 is 11.9 Å². The van der Waals surface area contributed by atoms with Crippen molar-refractivity contribution in [1.29, 1.82) is 0 Å². The summed E-state index contributed by atoms with van der Waals surface area (Å²) in [7, 11) is 1.79. The Morgan fingerprint density at radius 1 is 1.04 bits per heavy atom. The van der Waals surface area contributed by atoms with E-state index in [1.807, 2.05) is 0 Å². The molecule has 5 aliphatic rings. The number of aromatic nitrogens is 4. The third kappa shape index (κ3) is 5.11. The third-order valence-corrected chi connectivity index (χ3v) is 15.9. The van der Waals surface area contributed by atoms with Gasteiger partial charge in [-0.1, -0.05) is 85.0 Å². The average molecular weight is 669 g/mol. The lowest BCUT2D eigenvalue weighted by atomic mass is 9.34. The molecular weight excluding hydrogens is 604 g/mol. The van der Waals surface area contributed by atoms with Gasteiger partial charge in [0.05, 0.1) is 25.2 Å². The Morgan fingerprint density at radius 3 is 2.31 bits per heavy atom. The maximum absolute atomic E-state index is 13.4. The van der Waals surface area contributed by atoms with Crippen molar-refractivity contribution in [2.75, 3.05) is 26.1 Å². The molecule has 48 heavy (non-hydrogen) atoms. The Morgan fingerprint density at radius 2 is 1.73 bits per heavy atom. The van der Waals surface area contributed by atoms with Gasteiger partial charge in [0.15, 0.2) is 0 Å². The number of nitrogens with zero attached hydrogens (tertiary/aromatic N) is 4. The third-order valence-electron chi connectivity index (χ3n) is 15.9. The Bertz CT molecular complexity index is 1410. The molecule has 0 saturated heterocycles. The first-order valence-corrected chi connectivity index (χ1v) is 18.8. The predicted molar refractivity (Wildman–Crippen MR) is 187 cm³/mol. The lowest BCUT2D eigenvalue weighted by molar-refractivity contribution is -0.212. The molecule has 11 atom stereocenters. The van der Waals surface area contributed by atoms with Crippen LogP contribution in [0.5, 0.6) is 0 Å². The number of ether oxygens (including phenoxy) is 2. The first-order valence-electron chi connectivity index (χ1n) is 18.8. The summed E-state index contributed by atoms with van der Waals surface area (Å²) in [4.78, 5) is 15.1. The number of anilines is 1. The minimum Gasteiger partial charge on any atom is -0.481 e. The van der Waals surface area contributed by atoms with E-state index in [-0.39, 0.29) is 56.6 Å². The van der Waals surface area contributed by atoms with Crippen LogP contribution in [0.2, 0.25) is 0 Å². The molecule has 0 aliphatic heterocycles. The second kappa shape index (κ2) is 12.0. The number of hydrogen-bond donors (Lipinski definition) is 3. The van der Waals surface area contributed by atoms with Crippen molar-refractivity contribution < 1.29 is 19.4 Å². The van der Waals surface area contributed by atoms with Crippen LogP contribution in [-0.4, -0.2) is 63.2 Å². The Hall–Kier alpha value is -2.04. The van der Waals surface area contributed by atoms with Gasteiger partial charge in [0.2, 0.25) is 0 Å². The van der Waals surface area contributed by atoms with Crippen molar-refractivity contribution in [2.45, 2.75) is 137 Å². The van der Waals surface area contributed by atoms with Gasteiger partial charge >= 0.3 is 5.97 Å². The number of rotatable bonds is 9. The fourth-order valence-electron chi connectivity index (χ4n) is 12.9. The van der Waals surface area contributed by atoms with E-state index in [0.29, 0.717) is 31.0 Å². The number of aliphatic carboxylic acids is 1. The van der Waals surface area contributed by atoms with Crippen LogP contribution in [0.15, 0.2) is 11.6 Å². The van der Waals surface area contributed by atoms with Crippen molar-refractivity contribution in [3.8, 4) is 0 Å². The molecule has 0 aromatic carbocycles. The summed E-state index contributed by atoms with van der Waals surface area (Å²) < 4.78 is 13.1. The van der Waals surface area contributed by atoms with Crippen LogP contribution < -0.4 is 11.5 Å². The lowest BCUT2D eigenvalue weighted by Crippen LogP contribution is -2.66. The van der Waals surface area contributed by atoms with E-state index < -0.39 is 11.9 Å². The zero-order valence-electron chi connectivity index (χ0n) is 31.2. The highest BCUT2D eigenvalue weighted by Crippen LogP contribution is 2.74. The molecule has 270 valence electrons. The average Bonchev–Trinajstić information content (AvgIpc) is 3.64. The molecule has 6 rings (SSSR count). The van der Waals surface area contributed by atoms with E-state index >= 15 is 0 Å². The fraction of sp³-hybridized carbons (Fsp3) is 0.895. The standard InChI is InChI=1S/C38H64N6O4/c1-23(2)24(3)33(4)18-19-36(7)26-12-13-28-34(5,25(26)14-17-37(36,8)29(33)31(45)46)20-27(44-42-32(39)41-43-44)30(35(28,6)21-47-9)48-22-38(40)15-10-11-16-38/h14,23-24,26-30H,10-13,15-22,40H2,1-9H3,(H2,39,42)(H,45,46)/t24-,26+,27-,28-,29-,30+,33-,34-,35?,36-,37+/m1/s1. The van der Waals surface area contributed by atoms with Gasteiger partial charge in [-0.3, -0.25) is 4.79 Å². The second-order valence-corrected chi connectivity index (χ2v) is 18.6. The Kier molecular flexibility index (Phi) is 8.97. The van der Waals surface area contributed by atoms with Gasteiger partial charge in [-0.25, -0.2) is 0 Å². The van der Waals surface area contributed by atoms with E-state index in [2.05, 4.69) is 76.9 Å². The summed E-state index contributed by atoms with van der Waals surface area (Å²) >= 11 is 0. The van der Waals surface area contributed by atoms with Crippen molar-refractivity contribution in [1.82, 2.24) is 20.2 Å². The monoisotopic (exact) mass is 668 g/mol. The smallest absolute Gasteiger partial charge is 0.307 e. The largest absolute Gasteiger partial charge is 0.481 e. The molecule has 4 saturated carbocycles. The zero-order valence-corrected chi connectivity index (χ0v) is 31.2. The molecule has 10 nitrogen and oxygen atoms in total. The molecule has 4 fully saturated rings. The minimum absolute atomic E-state index is 0.144. The van der Waals surface area contributed by atoms with Crippen LogP contribution in [0.4, 0.5) is 5.95 Å². The number of carbonyl (C=O) groups is 1. The van der Waals surface area contributed by atoms with Gasteiger partial charge in [0.25, 0.3) is 5.95 Å². The number of carboxylic acid groups (broad SMARTS) is 1. The van der Waals surface area contributed by atoms with E-state index in [9.17, 15) is 9.90 Å². The second-order valence-electron chi connectivity index (χ2n) is 18.6. The summed E-state index contributed by atoms with van der Waals surface area (Å²) in [5.74, 6) is 0.417. The number of tetrazole rings is 1. The van der Waals surface area contributed by atoms with Crippen molar-refractivity contribution in [2.24, 2.45) is 62.4 Å². The molecular formula is C38H64N6O4. The molecule has 0 radical (unpaired) electrons. The molecule has 5 N–H and O–H groups in total. The predicted octanol–water partition coefficient (Wildman–Crippen LogP) is 6.68. The molecule has 10 heteroatoms. The number of nitrogens with two attached hydrogens (primary N) is 2. The molecule has 0 spiro atoms. The molecule has 0 amide bonds. The first kappa shape index (κ1) is 35.8. The molecule has 1 heterocycles. The molecule has 0 bridgehead atoms. The summed E-state index contributed by atoms with van der Waals surface area (Å²) in [6, 6.07) is -0.213. The van der Waals surface area contributed by atoms with E-state index in [1.54, 1.807) is 11.9 Å². The van der Waals surface area contributed by atoms with Crippen molar-refractivity contribution in [3.63, 3.8) is 0 Å². The first-order chi connectivity index (χ1) is 22.4. The molecule has 5 aliphatic carbocycles. The van der Waals surface area contributed by atoms with Crippen LogP contribution in [0.1, 0.15) is 126 Å². The molecule has 1 aromatic heterocycles. The van der Waals surface area contributed by atoms with Crippen LogP contribution in [0.3, 0.4) is 0 Å². The summed E-state index contributed by atoms with van der Waals surface area (Å²) in [6.07, 6.45) is 12.0. The number of carboxylic acids is 1. The minimum atomic E-state index is -0.629. The number of nitrogen functional groups attached to an aromatic ring is 1. The normalized spacial score (nSPS) is 44.4. The molecule has 1 unspecified atom stereocenters. The van der Waals surface area contributed by atoms with E-state index in [1.165, 1.54) is 5.57 Å². The highest BCUT2D eigenvalue weighted by atomic mass is 16.5. The Labute approximate surface area is 288 Å². The lowest BCUT2D eigenvalue weighted by Gasteiger charge is -2.70. The van der Waals surface area contributed by atoms with Gasteiger partial charge in [0, 0.05) is 18.1 Å². The highest BCUT2D eigenvalue weighted by molar-refractivity contribution is 5.73. The fourth-order valence-corrected chi connectivity index (χ4v) is 12.9. The SMILES string of the molecule is COCC1(C)[C@@H](OCC2(N)CCCC2)[C@H](n2nnc(N)n2)C[C@]2(C)C3=CC[C@@]4(C)[C@H](C(=O)O)[C@@](C)([C@H](C)C(C)C)CC[C@]4(C)[C@H]3CC[C@@H]12. The van der Waals surface area contributed by atoms with Gasteiger partial charge in [-0.15, -0.1) is 5.10 Å². The summed E-state index contributed by atoms with van der Waals surface area (Å²) in [6.45, 7) is 19.6. The van der Waals surface area contributed by atoms with Crippen LogP contribution in [-0.2, 0) is 14.3 Å². The number of fused-ring (bicyclic) bond motifs is 5. The maximum atomic E-state index is 13.4. The van der Waals surface area contributed by atoms with Gasteiger partial charge < -0.3 is 26.0 Å². The summed E-state index contributed by atoms with van der Waals surface area (Å²) in [5, 5.41) is 24.2. The van der Waals surface area contributed by atoms with Crippen LogP contribution in [0.25, 0.3) is 0 Å². The zero-order chi connectivity index (χ0) is 35.1. The van der Waals surface area contributed by atoms with Crippen molar-refractivity contribution in [3.05, 3.63) is 11.6 Å². The van der Waals surface area contributed by atoms with Crippen LogP contribution >= 0.6 is 0 Å². The molecule has 1 aromatic rings. The van der Waals surface area contributed by atoms with Crippen LogP contribution in [0, 0.1) is 56.7 Å². The number of methoxy groups -OCH3 is 1.